The zero-order valence-electron chi connectivity index (χ0n) is 15.1. The van der Waals surface area contributed by atoms with Crippen LogP contribution in [0.4, 0.5) is 0 Å². The Morgan fingerprint density at radius 2 is 1.26 bits per heavy atom. The van der Waals surface area contributed by atoms with Gasteiger partial charge in [0.1, 0.15) is 0 Å². The molecule has 2 aliphatic heterocycles. The number of carboxylic acid groups (broad SMARTS) is 2. The molecule has 0 unspecified atom stereocenters. The molecule has 0 aromatic heterocycles. The lowest BCUT2D eigenvalue weighted by molar-refractivity contribution is -0.236. The maximum Gasteiger partial charge on any atom is 0.336 e. The number of hydrogen-bond acceptors (Lipinski definition) is 4. The summed E-state index contributed by atoms with van der Waals surface area (Å²) in [6, 6.07) is 10.0. The van der Waals surface area contributed by atoms with Crippen LogP contribution in [0.3, 0.4) is 0 Å². The highest BCUT2D eigenvalue weighted by Gasteiger charge is 2.57. The molecule has 2 aliphatic rings. The van der Waals surface area contributed by atoms with Crippen LogP contribution in [0.1, 0.15) is 81.9 Å². The van der Waals surface area contributed by atoms with E-state index in [1.54, 1.807) is 12.1 Å². The zero-order valence-corrected chi connectivity index (χ0v) is 15.1. The fourth-order valence-corrected chi connectivity index (χ4v) is 4.29. The highest BCUT2D eigenvalue weighted by atomic mass is 16.7. The van der Waals surface area contributed by atoms with Gasteiger partial charge in [-0.1, -0.05) is 38.1 Å². The van der Waals surface area contributed by atoms with E-state index >= 15 is 0 Å². The summed E-state index contributed by atoms with van der Waals surface area (Å²) in [5, 5.41) is 19.5. The first kappa shape index (κ1) is 17.7. The summed E-state index contributed by atoms with van der Waals surface area (Å²) in [5.41, 5.74) is 2.45. The zero-order chi connectivity index (χ0) is 19.3. The summed E-state index contributed by atoms with van der Waals surface area (Å²) >= 11 is 0. The molecule has 0 saturated carbocycles. The Morgan fingerprint density at radius 3 is 1.59 bits per heavy atom. The summed E-state index contributed by atoms with van der Waals surface area (Å²) in [4.78, 5) is 23.9. The van der Waals surface area contributed by atoms with E-state index in [2.05, 4.69) is 0 Å². The van der Waals surface area contributed by atoms with Gasteiger partial charge in [-0.25, -0.2) is 9.59 Å². The van der Waals surface area contributed by atoms with Crippen LogP contribution in [-0.2, 0) is 15.3 Å². The molecule has 140 valence electrons. The molecule has 2 aromatic rings. The van der Waals surface area contributed by atoms with E-state index in [4.69, 9.17) is 9.47 Å². The molecule has 2 N–H and O–H groups in total. The van der Waals surface area contributed by atoms with E-state index in [0.717, 1.165) is 11.1 Å². The van der Waals surface area contributed by atoms with Gasteiger partial charge in [0.15, 0.2) is 0 Å². The molecule has 0 saturated heterocycles. The quantitative estimate of drug-likeness (QED) is 0.838. The maximum atomic E-state index is 12.0. The standard InChI is InChI=1S/C21H20O6/c1-3-15-11-7-5-9-13(19(22)23)17(11)21(26-15)18-12(16(4-2)27-21)8-6-10-14(18)20(24)25/h5-10,15-16H,3-4H2,1-2H3,(H,22,23)(H,24,25)/t15-,16-,21?/m1/s1. The van der Waals surface area contributed by atoms with Gasteiger partial charge in [0, 0.05) is 11.1 Å². The third kappa shape index (κ3) is 2.33. The third-order valence-electron chi connectivity index (χ3n) is 5.36. The monoisotopic (exact) mass is 368 g/mol. The van der Waals surface area contributed by atoms with Crippen LogP contribution in [0.5, 0.6) is 0 Å². The Morgan fingerprint density at radius 1 is 0.852 bits per heavy atom. The molecule has 2 atom stereocenters. The van der Waals surface area contributed by atoms with Crippen molar-refractivity contribution in [3.8, 4) is 0 Å². The highest BCUT2D eigenvalue weighted by molar-refractivity contribution is 5.93. The fourth-order valence-electron chi connectivity index (χ4n) is 4.29. The van der Waals surface area contributed by atoms with Crippen molar-refractivity contribution in [1.29, 1.82) is 0 Å². The Kier molecular flexibility index (Phi) is 4.05. The van der Waals surface area contributed by atoms with Crippen molar-refractivity contribution >= 4 is 11.9 Å². The molecular formula is C21H20O6. The first-order chi connectivity index (χ1) is 12.9. The van der Waals surface area contributed by atoms with Crippen molar-refractivity contribution in [2.75, 3.05) is 0 Å². The van der Waals surface area contributed by atoms with E-state index in [0.29, 0.717) is 24.0 Å². The van der Waals surface area contributed by atoms with Crippen LogP contribution >= 0.6 is 0 Å². The highest BCUT2D eigenvalue weighted by Crippen LogP contribution is 2.58. The Bertz CT molecular complexity index is 870. The first-order valence-corrected chi connectivity index (χ1v) is 9.03. The Balaban J connectivity index is 2.09. The number of benzene rings is 2. The van der Waals surface area contributed by atoms with Gasteiger partial charge < -0.3 is 19.7 Å². The van der Waals surface area contributed by atoms with Crippen molar-refractivity contribution < 1.29 is 29.3 Å². The lowest BCUT2D eigenvalue weighted by atomic mass is 9.86. The number of rotatable bonds is 4. The minimum atomic E-state index is -1.52. The molecule has 2 heterocycles. The second-order valence-electron chi connectivity index (χ2n) is 6.80. The molecule has 4 rings (SSSR count). The van der Waals surface area contributed by atoms with E-state index in [9.17, 15) is 19.8 Å². The Hall–Kier alpha value is -2.70. The van der Waals surface area contributed by atoms with E-state index in [1.807, 2.05) is 26.0 Å². The van der Waals surface area contributed by atoms with E-state index in [-0.39, 0.29) is 23.3 Å². The predicted molar refractivity (Wildman–Crippen MR) is 95.8 cm³/mol. The van der Waals surface area contributed by atoms with Gasteiger partial charge in [-0.05, 0) is 36.1 Å². The number of carbonyl (C=O) groups is 2. The summed E-state index contributed by atoms with van der Waals surface area (Å²) in [6.07, 6.45) is 0.486. The van der Waals surface area contributed by atoms with Crippen LogP contribution in [-0.4, -0.2) is 22.2 Å². The van der Waals surface area contributed by atoms with Crippen molar-refractivity contribution in [3.05, 3.63) is 69.8 Å². The average Bonchev–Trinajstić information content (AvgIpc) is 3.17. The Labute approximate surface area is 156 Å². The van der Waals surface area contributed by atoms with Gasteiger partial charge in [-0.15, -0.1) is 0 Å². The fraction of sp³-hybridized carbons (Fsp3) is 0.333. The van der Waals surface area contributed by atoms with Crippen molar-refractivity contribution in [1.82, 2.24) is 0 Å². The van der Waals surface area contributed by atoms with E-state index in [1.165, 1.54) is 12.1 Å². The topological polar surface area (TPSA) is 93.1 Å². The van der Waals surface area contributed by atoms with Crippen LogP contribution in [0, 0.1) is 0 Å². The molecule has 6 heteroatoms. The second-order valence-corrected chi connectivity index (χ2v) is 6.80. The lowest BCUT2D eigenvalue weighted by Crippen LogP contribution is -2.31. The van der Waals surface area contributed by atoms with Gasteiger partial charge in [0.05, 0.1) is 23.3 Å². The van der Waals surface area contributed by atoms with Gasteiger partial charge in [-0.3, -0.25) is 0 Å². The number of aromatic carboxylic acids is 2. The molecule has 2 aromatic carbocycles. The summed E-state index contributed by atoms with van der Waals surface area (Å²) in [6.45, 7) is 3.88. The minimum absolute atomic E-state index is 0.0753. The summed E-state index contributed by atoms with van der Waals surface area (Å²) < 4.78 is 12.6. The number of carboxylic acids is 2. The molecule has 1 spiro atoms. The molecule has 0 radical (unpaired) electrons. The minimum Gasteiger partial charge on any atom is -0.478 e. The average molecular weight is 368 g/mol. The van der Waals surface area contributed by atoms with Crippen molar-refractivity contribution in [2.45, 2.75) is 44.7 Å². The first-order valence-electron chi connectivity index (χ1n) is 9.03. The molecule has 0 amide bonds. The molecule has 0 aliphatic carbocycles. The largest absolute Gasteiger partial charge is 0.478 e. The summed E-state index contributed by atoms with van der Waals surface area (Å²) in [5.74, 6) is -3.70. The number of fused-ring (bicyclic) bond motifs is 4. The van der Waals surface area contributed by atoms with Crippen molar-refractivity contribution in [2.24, 2.45) is 0 Å². The van der Waals surface area contributed by atoms with Gasteiger partial charge in [0.25, 0.3) is 0 Å². The molecule has 0 fully saturated rings. The predicted octanol–water partition coefficient (Wildman–Crippen LogP) is 4.25. The molecule has 27 heavy (non-hydrogen) atoms. The van der Waals surface area contributed by atoms with Crippen LogP contribution in [0.2, 0.25) is 0 Å². The summed E-state index contributed by atoms with van der Waals surface area (Å²) in [7, 11) is 0. The SMILES string of the molecule is CC[C@H]1OC2(O[C@H](CC)c3cccc(C(=O)O)c32)c2c(C(=O)O)cccc21. The lowest BCUT2D eigenvalue weighted by Gasteiger charge is -2.28. The molecular weight excluding hydrogens is 348 g/mol. The normalized spacial score (nSPS) is 21.9. The second kappa shape index (κ2) is 6.18. The maximum absolute atomic E-state index is 12.0. The van der Waals surface area contributed by atoms with Crippen molar-refractivity contribution in [3.63, 3.8) is 0 Å². The van der Waals surface area contributed by atoms with Gasteiger partial charge >= 0.3 is 11.9 Å². The van der Waals surface area contributed by atoms with Crippen LogP contribution < -0.4 is 0 Å². The van der Waals surface area contributed by atoms with Gasteiger partial charge in [-0.2, -0.15) is 0 Å². The molecule has 6 nitrogen and oxygen atoms in total. The smallest absolute Gasteiger partial charge is 0.336 e. The van der Waals surface area contributed by atoms with Crippen LogP contribution in [0.15, 0.2) is 36.4 Å². The van der Waals surface area contributed by atoms with Gasteiger partial charge in [0.2, 0.25) is 5.79 Å². The van der Waals surface area contributed by atoms with E-state index < -0.39 is 17.7 Å². The van der Waals surface area contributed by atoms with Crippen LogP contribution in [0.25, 0.3) is 0 Å². The number of hydrogen-bond donors (Lipinski definition) is 2. The third-order valence-corrected chi connectivity index (χ3v) is 5.36. The molecule has 0 bridgehead atoms. The number of ether oxygens (including phenoxy) is 2.